The Labute approximate surface area is 210 Å². The number of hydrogen-bond acceptors (Lipinski definition) is 8. The SMILES string of the molecule is CCOC(=O)C1(C)CCCN1C(=O)c1nc(-c2ccc(OC)c3nc(C(F)(F)F)ccc23)oc1[C@H](C)N. The second-order valence-electron chi connectivity index (χ2n) is 8.98. The Hall–Kier alpha value is -3.67. The lowest BCUT2D eigenvalue weighted by Crippen LogP contribution is -2.52. The molecule has 12 heteroatoms. The summed E-state index contributed by atoms with van der Waals surface area (Å²) in [6.45, 7) is 5.42. The minimum atomic E-state index is -4.65. The monoisotopic (exact) mass is 520 g/mol. The number of esters is 1. The molecule has 2 atom stereocenters. The summed E-state index contributed by atoms with van der Waals surface area (Å²) in [7, 11) is 1.32. The average molecular weight is 521 g/mol. The number of methoxy groups -OCH3 is 1. The zero-order chi connectivity index (χ0) is 27.1. The minimum Gasteiger partial charge on any atom is -0.494 e. The highest BCUT2D eigenvalue weighted by Gasteiger charge is 2.48. The molecule has 0 spiro atoms. The van der Waals surface area contributed by atoms with Crippen LogP contribution in [0, 0.1) is 0 Å². The number of pyridine rings is 1. The first-order valence-corrected chi connectivity index (χ1v) is 11.7. The van der Waals surface area contributed by atoms with Gasteiger partial charge in [0.15, 0.2) is 11.5 Å². The van der Waals surface area contributed by atoms with Gasteiger partial charge in [-0.3, -0.25) is 4.79 Å². The van der Waals surface area contributed by atoms with Gasteiger partial charge in [0, 0.05) is 17.5 Å². The normalized spacial score (nSPS) is 18.8. The van der Waals surface area contributed by atoms with E-state index in [9.17, 15) is 22.8 Å². The first kappa shape index (κ1) is 26.4. The number of oxazole rings is 1. The Balaban J connectivity index is 1.83. The second-order valence-corrected chi connectivity index (χ2v) is 8.98. The number of benzene rings is 1. The molecule has 0 aliphatic carbocycles. The van der Waals surface area contributed by atoms with E-state index >= 15 is 0 Å². The Morgan fingerprint density at radius 1 is 1.24 bits per heavy atom. The van der Waals surface area contributed by atoms with E-state index in [1.54, 1.807) is 26.8 Å². The number of alkyl halides is 3. The second kappa shape index (κ2) is 9.66. The summed E-state index contributed by atoms with van der Waals surface area (Å²) in [6.07, 6.45) is -3.64. The topological polar surface area (TPSA) is 121 Å². The van der Waals surface area contributed by atoms with Crippen LogP contribution in [0.1, 0.15) is 61.6 Å². The molecule has 0 radical (unpaired) electrons. The average Bonchev–Trinajstić information content (AvgIpc) is 3.47. The number of aromatic nitrogens is 2. The smallest absolute Gasteiger partial charge is 0.433 e. The van der Waals surface area contributed by atoms with Crippen LogP contribution in [0.5, 0.6) is 5.75 Å². The van der Waals surface area contributed by atoms with E-state index in [2.05, 4.69) is 9.97 Å². The molecule has 1 amide bonds. The minimum absolute atomic E-state index is 0.0260. The zero-order valence-electron chi connectivity index (χ0n) is 20.8. The van der Waals surface area contributed by atoms with Crippen LogP contribution >= 0.6 is 0 Å². The van der Waals surface area contributed by atoms with E-state index in [0.29, 0.717) is 24.9 Å². The summed E-state index contributed by atoms with van der Waals surface area (Å²) in [6, 6.07) is 4.36. The molecular weight excluding hydrogens is 493 g/mol. The van der Waals surface area contributed by atoms with E-state index in [1.165, 1.54) is 24.1 Å². The van der Waals surface area contributed by atoms with Gasteiger partial charge in [-0.05, 0) is 57.9 Å². The fraction of sp³-hybridized carbons (Fsp3) is 0.440. The number of ether oxygens (including phenoxy) is 2. The van der Waals surface area contributed by atoms with E-state index in [0.717, 1.165) is 6.07 Å². The fourth-order valence-corrected chi connectivity index (χ4v) is 4.53. The predicted octanol–water partition coefficient (Wildman–Crippen LogP) is 4.49. The molecule has 4 rings (SSSR count). The van der Waals surface area contributed by atoms with E-state index in [1.807, 2.05) is 0 Å². The summed E-state index contributed by atoms with van der Waals surface area (Å²) >= 11 is 0. The number of carbonyl (C=O) groups is 2. The van der Waals surface area contributed by atoms with Gasteiger partial charge in [0.05, 0.1) is 19.8 Å². The summed E-state index contributed by atoms with van der Waals surface area (Å²) in [5.74, 6) is -0.878. The van der Waals surface area contributed by atoms with Gasteiger partial charge >= 0.3 is 12.1 Å². The summed E-state index contributed by atoms with van der Waals surface area (Å²) in [4.78, 5) is 35.9. The molecule has 1 aromatic carbocycles. The molecule has 1 aliphatic heterocycles. The standard InChI is InChI=1S/C25H27F3N4O5/c1-5-36-23(34)24(3)11-6-12-32(24)22(33)19-20(13(2)29)37-21(31-19)15-7-9-16(35-4)18-14(15)8-10-17(30-18)25(26,27)28/h7-10,13H,5-6,11-12,29H2,1-4H3/t13-,24?/m0/s1. The highest BCUT2D eigenvalue weighted by Crippen LogP contribution is 2.38. The molecular formula is C25H27F3N4O5. The van der Waals surface area contributed by atoms with Crippen molar-refractivity contribution in [1.82, 2.24) is 14.9 Å². The molecule has 1 aliphatic rings. The van der Waals surface area contributed by atoms with Crippen molar-refractivity contribution >= 4 is 22.8 Å². The number of halogens is 3. The molecule has 37 heavy (non-hydrogen) atoms. The van der Waals surface area contributed by atoms with Gasteiger partial charge in [0.1, 0.15) is 22.5 Å². The van der Waals surface area contributed by atoms with Gasteiger partial charge in [-0.25, -0.2) is 14.8 Å². The molecule has 2 aromatic heterocycles. The van der Waals surface area contributed by atoms with E-state index < -0.39 is 35.3 Å². The Morgan fingerprint density at radius 2 is 1.97 bits per heavy atom. The Morgan fingerprint density at radius 3 is 2.59 bits per heavy atom. The van der Waals surface area contributed by atoms with Gasteiger partial charge < -0.3 is 24.5 Å². The molecule has 3 heterocycles. The predicted molar refractivity (Wildman–Crippen MR) is 127 cm³/mol. The van der Waals surface area contributed by atoms with Crippen LogP contribution in [-0.4, -0.2) is 52.5 Å². The van der Waals surface area contributed by atoms with Crippen molar-refractivity contribution in [2.24, 2.45) is 5.73 Å². The third-order valence-electron chi connectivity index (χ3n) is 6.43. The largest absolute Gasteiger partial charge is 0.494 e. The molecule has 0 bridgehead atoms. The van der Waals surface area contributed by atoms with Crippen molar-refractivity contribution in [2.75, 3.05) is 20.3 Å². The van der Waals surface area contributed by atoms with Gasteiger partial charge in [-0.15, -0.1) is 0 Å². The van der Waals surface area contributed by atoms with Crippen molar-refractivity contribution in [3.8, 4) is 17.2 Å². The molecule has 1 saturated heterocycles. The maximum atomic E-state index is 13.6. The number of likely N-dealkylation sites (tertiary alicyclic amines) is 1. The van der Waals surface area contributed by atoms with Crippen LogP contribution in [-0.2, 0) is 15.7 Å². The van der Waals surface area contributed by atoms with Gasteiger partial charge in [0.25, 0.3) is 5.91 Å². The quantitative estimate of drug-likeness (QED) is 0.472. The van der Waals surface area contributed by atoms with Crippen molar-refractivity contribution < 1.29 is 36.7 Å². The van der Waals surface area contributed by atoms with Crippen molar-refractivity contribution in [3.63, 3.8) is 0 Å². The molecule has 1 unspecified atom stereocenters. The molecule has 0 saturated carbocycles. The molecule has 198 valence electrons. The zero-order valence-corrected chi connectivity index (χ0v) is 20.8. The van der Waals surface area contributed by atoms with Crippen molar-refractivity contribution in [1.29, 1.82) is 0 Å². The van der Waals surface area contributed by atoms with Crippen LogP contribution in [0.2, 0.25) is 0 Å². The van der Waals surface area contributed by atoms with Crippen LogP contribution in [0.25, 0.3) is 22.4 Å². The summed E-state index contributed by atoms with van der Waals surface area (Å²) < 4.78 is 56.2. The number of nitrogens with zero attached hydrogens (tertiary/aromatic N) is 3. The number of carbonyl (C=O) groups excluding carboxylic acids is 2. The summed E-state index contributed by atoms with van der Waals surface area (Å²) in [5, 5.41) is 0.279. The lowest BCUT2D eigenvalue weighted by molar-refractivity contribution is -0.153. The highest BCUT2D eigenvalue weighted by molar-refractivity contribution is 6.00. The Bertz CT molecular complexity index is 1350. The number of hydrogen-bond donors (Lipinski definition) is 1. The third-order valence-corrected chi connectivity index (χ3v) is 6.43. The maximum absolute atomic E-state index is 13.6. The van der Waals surface area contributed by atoms with Crippen LogP contribution in [0.3, 0.4) is 0 Å². The van der Waals surface area contributed by atoms with Crippen molar-refractivity contribution in [3.05, 3.63) is 41.4 Å². The van der Waals surface area contributed by atoms with E-state index in [4.69, 9.17) is 19.6 Å². The highest BCUT2D eigenvalue weighted by atomic mass is 19.4. The van der Waals surface area contributed by atoms with Crippen LogP contribution < -0.4 is 10.5 Å². The summed E-state index contributed by atoms with van der Waals surface area (Å²) in [5.41, 5.74) is 4.01. The van der Waals surface area contributed by atoms with Gasteiger partial charge in [-0.1, -0.05) is 0 Å². The third kappa shape index (κ3) is 4.61. The first-order chi connectivity index (χ1) is 17.4. The molecule has 9 nitrogen and oxygen atoms in total. The number of fused-ring (bicyclic) bond motifs is 1. The van der Waals surface area contributed by atoms with Gasteiger partial charge in [0.2, 0.25) is 5.89 Å². The first-order valence-electron chi connectivity index (χ1n) is 11.7. The molecule has 2 N–H and O–H groups in total. The van der Waals surface area contributed by atoms with E-state index in [-0.39, 0.29) is 40.6 Å². The van der Waals surface area contributed by atoms with Crippen molar-refractivity contribution in [2.45, 2.75) is 51.4 Å². The number of nitrogens with two attached hydrogens (primary N) is 1. The number of rotatable bonds is 6. The Kier molecular flexibility index (Phi) is 6.89. The van der Waals surface area contributed by atoms with Crippen LogP contribution in [0.15, 0.2) is 28.7 Å². The number of amides is 1. The fourth-order valence-electron chi connectivity index (χ4n) is 4.53. The van der Waals surface area contributed by atoms with Gasteiger partial charge in [-0.2, -0.15) is 13.2 Å². The molecule has 1 fully saturated rings. The van der Waals surface area contributed by atoms with Crippen LogP contribution in [0.4, 0.5) is 13.2 Å². The lowest BCUT2D eigenvalue weighted by atomic mass is 9.98. The maximum Gasteiger partial charge on any atom is 0.433 e. The lowest BCUT2D eigenvalue weighted by Gasteiger charge is -2.32. The molecule has 3 aromatic rings.